The molecule has 0 aliphatic carbocycles. The van der Waals surface area contributed by atoms with Gasteiger partial charge in [0.15, 0.2) is 0 Å². The fourth-order valence-corrected chi connectivity index (χ4v) is 8.01. The van der Waals surface area contributed by atoms with Crippen molar-refractivity contribution in [1.29, 1.82) is 0 Å². The number of benzene rings is 6. The van der Waals surface area contributed by atoms with Crippen molar-refractivity contribution in [3.05, 3.63) is 96.6 Å². The summed E-state index contributed by atoms with van der Waals surface area (Å²) in [4.78, 5) is 0. The van der Waals surface area contributed by atoms with E-state index in [1.807, 2.05) is 22.7 Å². The van der Waals surface area contributed by atoms with Crippen LogP contribution in [0.3, 0.4) is 0 Å². The lowest BCUT2D eigenvalue weighted by atomic mass is 10.0. The number of thiophene rings is 2. The van der Waals surface area contributed by atoms with Gasteiger partial charge in [0.2, 0.25) is 0 Å². The van der Waals surface area contributed by atoms with E-state index in [-0.39, 0.29) is 0 Å². The van der Waals surface area contributed by atoms with Gasteiger partial charge >= 0.3 is 0 Å². The third-order valence-electron chi connectivity index (χ3n) is 6.97. The molecule has 0 nitrogen and oxygen atoms in total. The summed E-state index contributed by atoms with van der Waals surface area (Å²) in [6.07, 6.45) is 0. The second kappa shape index (κ2) is 6.32. The van der Waals surface area contributed by atoms with Crippen LogP contribution in [-0.2, 0) is 0 Å². The van der Waals surface area contributed by atoms with E-state index in [0.717, 1.165) is 0 Å². The molecule has 0 saturated carbocycles. The van der Waals surface area contributed by atoms with Gasteiger partial charge in [0.25, 0.3) is 0 Å². The first-order valence-electron chi connectivity index (χ1n) is 11.3. The van der Waals surface area contributed by atoms with Crippen molar-refractivity contribution in [1.82, 2.24) is 0 Å². The molecule has 0 amide bonds. The number of hydrogen-bond acceptors (Lipinski definition) is 2. The van der Waals surface area contributed by atoms with Gasteiger partial charge in [0, 0.05) is 20.2 Å². The summed E-state index contributed by atoms with van der Waals surface area (Å²) in [5, 5.41) is 13.3. The van der Waals surface area contributed by atoms with Gasteiger partial charge in [0.1, 0.15) is 0 Å². The minimum atomic E-state index is 1.31. The molecule has 0 aliphatic heterocycles. The maximum Gasteiger partial charge on any atom is 0.0542 e. The summed E-state index contributed by atoms with van der Waals surface area (Å²) >= 11 is 3.89. The Hall–Kier alpha value is -3.46. The van der Waals surface area contributed by atoms with Crippen LogP contribution in [0.25, 0.3) is 72.7 Å². The largest absolute Gasteiger partial charge is 0.134 e. The Bertz CT molecular complexity index is 2090. The minimum Gasteiger partial charge on any atom is -0.134 e. The Morgan fingerprint density at radius 1 is 0.424 bits per heavy atom. The van der Waals surface area contributed by atoms with E-state index >= 15 is 0 Å². The summed E-state index contributed by atoms with van der Waals surface area (Å²) in [5.41, 5.74) is 1.31. The van der Waals surface area contributed by atoms with Gasteiger partial charge in [-0.15, -0.1) is 22.7 Å². The molecule has 33 heavy (non-hydrogen) atoms. The van der Waals surface area contributed by atoms with Gasteiger partial charge in [0.05, 0.1) is 9.40 Å². The van der Waals surface area contributed by atoms with Crippen LogP contribution in [0.15, 0.2) is 91.0 Å². The zero-order chi connectivity index (χ0) is 21.7. The molecule has 0 bridgehead atoms. The predicted molar refractivity (Wildman–Crippen MR) is 149 cm³/mol. The Labute approximate surface area is 198 Å². The molecule has 8 aromatic rings. The predicted octanol–water partition coefficient (Wildman–Crippen LogP) is 10.2. The molecule has 0 aliphatic rings. The van der Waals surface area contributed by atoms with E-state index in [2.05, 4.69) is 97.9 Å². The molecule has 2 aromatic heterocycles. The zero-order valence-electron chi connectivity index (χ0n) is 18.0. The maximum atomic E-state index is 2.41. The second-order valence-electron chi connectivity index (χ2n) is 9.16. The van der Waals surface area contributed by atoms with E-state index in [1.165, 1.54) is 78.2 Å². The standard InChI is InChI=1S/C31H18S2/c1-17-6-7-20-11-23-14-27-29(16-25(23)12-21(20)8-17)33-30-26-13-22-9-18-4-2-3-5-19(18)10-24(22)15-28(26)32-31(27)30/h2-16H,1H3. The molecule has 0 spiro atoms. The summed E-state index contributed by atoms with van der Waals surface area (Å²) < 4.78 is 5.62. The summed E-state index contributed by atoms with van der Waals surface area (Å²) in [7, 11) is 0. The van der Waals surface area contributed by atoms with Crippen LogP contribution in [-0.4, -0.2) is 0 Å². The highest BCUT2D eigenvalue weighted by molar-refractivity contribution is 7.36. The molecule has 6 aromatic carbocycles. The minimum absolute atomic E-state index is 1.31. The van der Waals surface area contributed by atoms with E-state index in [9.17, 15) is 0 Å². The van der Waals surface area contributed by atoms with Crippen LogP contribution in [0.2, 0.25) is 0 Å². The lowest BCUT2D eigenvalue weighted by Crippen LogP contribution is -1.78. The summed E-state index contributed by atoms with van der Waals surface area (Å²) in [6, 6.07) is 34.3. The summed E-state index contributed by atoms with van der Waals surface area (Å²) in [6.45, 7) is 2.16. The number of aryl methyl sites for hydroxylation is 1. The number of rotatable bonds is 0. The molecular formula is C31H18S2. The maximum absolute atomic E-state index is 2.41. The van der Waals surface area contributed by atoms with Gasteiger partial charge in [-0.1, -0.05) is 48.0 Å². The number of fused-ring (bicyclic) bond motifs is 9. The normalized spacial score (nSPS) is 12.4. The van der Waals surface area contributed by atoms with Crippen LogP contribution in [0, 0.1) is 6.92 Å². The molecule has 2 heteroatoms. The Kier molecular flexibility index (Phi) is 3.45. The first-order valence-corrected chi connectivity index (χ1v) is 12.9. The molecule has 0 N–H and O–H groups in total. The molecular weight excluding hydrogens is 436 g/mol. The van der Waals surface area contributed by atoms with Crippen molar-refractivity contribution < 1.29 is 0 Å². The van der Waals surface area contributed by atoms with Gasteiger partial charge < -0.3 is 0 Å². The van der Waals surface area contributed by atoms with Crippen molar-refractivity contribution in [2.24, 2.45) is 0 Å². The number of hydrogen-bond donors (Lipinski definition) is 0. The van der Waals surface area contributed by atoms with Crippen LogP contribution in [0.1, 0.15) is 5.56 Å². The molecule has 0 fully saturated rings. The van der Waals surface area contributed by atoms with Crippen LogP contribution >= 0.6 is 22.7 Å². The van der Waals surface area contributed by atoms with Crippen LogP contribution < -0.4 is 0 Å². The molecule has 0 saturated heterocycles. The van der Waals surface area contributed by atoms with Gasteiger partial charge in [-0.25, -0.2) is 0 Å². The van der Waals surface area contributed by atoms with E-state index in [0.29, 0.717) is 0 Å². The highest BCUT2D eigenvalue weighted by Gasteiger charge is 2.14. The monoisotopic (exact) mass is 454 g/mol. The molecule has 0 radical (unpaired) electrons. The smallest absolute Gasteiger partial charge is 0.0542 e. The quantitative estimate of drug-likeness (QED) is 0.200. The van der Waals surface area contributed by atoms with Crippen molar-refractivity contribution in [2.75, 3.05) is 0 Å². The molecule has 2 heterocycles. The lowest BCUT2D eigenvalue weighted by Gasteiger charge is -2.04. The molecule has 154 valence electrons. The van der Waals surface area contributed by atoms with Crippen molar-refractivity contribution in [2.45, 2.75) is 6.92 Å². The van der Waals surface area contributed by atoms with Crippen molar-refractivity contribution >= 4 is 95.3 Å². The molecule has 0 unspecified atom stereocenters. The van der Waals surface area contributed by atoms with Crippen molar-refractivity contribution in [3.63, 3.8) is 0 Å². The fraction of sp³-hybridized carbons (Fsp3) is 0.0323. The second-order valence-corrected chi connectivity index (χ2v) is 11.3. The zero-order valence-corrected chi connectivity index (χ0v) is 19.6. The Morgan fingerprint density at radius 2 is 0.879 bits per heavy atom. The van der Waals surface area contributed by atoms with E-state index < -0.39 is 0 Å². The van der Waals surface area contributed by atoms with Gasteiger partial charge in [-0.05, 0) is 98.5 Å². The van der Waals surface area contributed by atoms with Crippen LogP contribution in [0.4, 0.5) is 0 Å². The van der Waals surface area contributed by atoms with Gasteiger partial charge in [-0.2, -0.15) is 0 Å². The average molecular weight is 455 g/mol. The topological polar surface area (TPSA) is 0 Å². The van der Waals surface area contributed by atoms with E-state index in [1.54, 1.807) is 0 Å². The molecule has 8 rings (SSSR count). The highest BCUT2D eigenvalue weighted by atomic mass is 32.1. The Balaban J connectivity index is 1.45. The van der Waals surface area contributed by atoms with E-state index in [4.69, 9.17) is 0 Å². The summed E-state index contributed by atoms with van der Waals surface area (Å²) in [5.74, 6) is 0. The first-order chi connectivity index (χ1) is 16.2. The third-order valence-corrected chi connectivity index (χ3v) is 9.47. The van der Waals surface area contributed by atoms with Crippen molar-refractivity contribution in [3.8, 4) is 0 Å². The van der Waals surface area contributed by atoms with Gasteiger partial charge in [-0.3, -0.25) is 0 Å². The highest BCUT2D eigenvalue weighted by Crippen LogP contribution is 2.46. The average Bonchev–Trinajstić information content (AvgIpc) is 3.33. The SMILES string of the molecule is Cc1ccc2cc3cc4c(cc3cc2c1)sc1c2cc3cc5ccccc5cc3cc2sc41. The lowest BCUT2D eigenvalue weighted by molar-refractivity contribution is 1.51. The van der Waals surface area contributed by atoms with Crippen LogP contribution in [0.5, 0.6) is 0 Å². The third kappa shape index (κ3) is 2.56. The first kappa shape index (κ1) is 18.0. The Morgan fingerprint density at radius 3 is 1.45 bits per heavy atom. The molecule has 0 atom stereocenters. The fourth-order valence-electron chi connectivity index (χ4n) is 5.31.